The van der Waals surface area contributed by atoms with Crippen LogP contribution in [0.3, 0.4) is 0 Å². The van der Waals surface area contributed by atoms with E-state index < -0.39 is 0 Å². The van der Waals surface area contributed by atoms with Crippen molar-refractivity contribution in [2.75, 3.05) is 6.61 Å². The zero-order valence-corrected chi connectivity index (χ0v) is 15.2. The minimum Gasteiger partial charge on any atom is -0.492 e. The van der Waals surface area contributed by atoms with E-state index in [0.29, 0.717) is 11.6 Å². The lowest BCUT2D eigenvalue weighted by molar-refractivity contribution is 0.197. The molecule has 1 aliphatic carbocycles. The van der Waals surface area contributed by atoms with Gasteiger partial charge in [0.15, 0.2) is 0 Å². The number of carbonyl (C=O) groups is 1. The minimum absolute atomic E-state index is 0.00248. The van der Waals surface area contributed by atoms with Crippen molar-refractivity contribution in [1.82, 2.24) is 10.6 Å². The van der Waals surface area contributed by atoms with E-state index in [2.05, 4.69) is 44.4 Å². The Morgan fingerprint density at radius 3 is 2.75 bits per heavy atom. The third-order valence-electron chi connectivity index (χ3n) is 4.08. The monoisotopic (exact) mass is 346 g/mol. The highest BCUT2D eigenvalue weighted by Crippen LogP contribution is 2.38. The molecule has 128 valence electrons. The van der Waals surface area contributed by atoms with E-state index >= 15 is 0 Å². The highest BCUT2D eigenvalue weighted by Gasteiger charge is 2.33. The van der Waals surface area contributed by atoms with Crippen LogP contribution >= 0.6 is 11.6 Å². The van der Waals surface area contributed by atoms with Crippen LogP contribution < -0.4 is 15.4 Å². The van der Waals surface area contributed by atoms with Crippen molar-refractivity contribution in [1.29, 1.82) is 0 Å². The summed E-state index contributed by atoms with van der Waals surface area (Å²) in [6.45, 7) is 9.07. The Morgan fingerprint density at radius 2 is 2.04 bits per heavy atom. The van der Waals surface area contributed by atoms with Gasteiger partial charge in [0.25, 0.3) is 0 Å². The van der Waals surface area contributed by atoms with Gasteiger partial charge in [-0.15, -0.1) is 0 Å². The Labute approximate surface area is 147 Å². The van der Waals surface area contributed by atoms with Crippen molar-refractivity contribution < 1.29 is 9.53 Å². The molecule has 1 fully saturated rings. The number of halogens is 1. The van der Waals surface area contributed by atoms with Crippen LogP contribution in [0.15, 0.2) is 36.0 Å². The predicted molar refractivity (Wildman–Crippen MR) is 97.1 cm³/mol. The molecule has 1 aromatic rings. The van der Waals surface area contributed by atoms with E-state index in [1.807, 2.05) is 24.3 Å². The molecule has 1 heterocycles. The molecule has 24 heavy (non-hydrogen) atoms. The summed E-state index contributed by atoms with van der Waals surface area (Å²) in [4.78, 5) is 11.6. The number of nitrogens with one attached hydrogen (secondary N) is 2. The normalized spacial score (nSPS) is 23.0. The number of benzene rings is 1. The average molecular weight is 347 g/mol. The van der Waals surface area contributed by atoms with Crippen molar-refractivity contribution in [3.63, 3.8) is 0 Å². The molecule has 5 heteroatoms. The fourth-order valence-electron chi connectivity index (χ4n) is 2.95. The SMILES string of the molecule is C[C@@H]1C=C(c2c(Cl)cccc2OCC(C)(C)C)C=C2NC(=O)NC21. The lowest BCUT2D eigenvalue weighted by Crippen LogP contribution is -2.32. The van der Waals surface area contributed by atoms with Gasteiger partial charge < -0.3 is 15.4 Å². The quantitative estimate of drug-likeness (QED) is 0.854. The second kappa shape index (κ2) is 6.17. The molecule has 0 saturated carbocycles. The van der Waals surface area contributed by atoms with Crippen LogP contribution in [0, 0.1) is 11.3 Å². The Hall–Kier alpha value is -1.94. The lowest BCUT2D eigenvalue weighted by atomic mass is 9.88. The van der Waals surface area contributed by atoms with Gasteiger partial charge in [-0.3, -0.25) is 0 Å². The van der Waals surface area contributed by atoms with E-state index in [1.54, 1.807) is 0 Å². The van der Waals surface area contributed by atoms with Crippen molar-refractivity contribution in [2.24, 2.45) is 11.3 Å². The van der Waals surface area contributed by atoms with Crippen LogP contribution in [-0.4, -0.2) is 18.7 Å². The first kappa shape index (κ1) is 16.9. The third-order valence-corrected chi connectivity index (χ3v) is 4.40. The molecule has 2 N–H and O–H groups in total. The lowest BCUT2D eigenvalue weighted by Gasteiger charge is -2.25. The number of hydrogen-bond acceptors (Lipinski definition) is 2. The highest BCUT2D eigenvalue weighted by molar-refractivity contribution is 6.32. The molecule has 0 aromatic heterocycles. The maximum Gasteiger partial charge on any atom is 0.319 e. The van der Waals surface area contributed by atoms with Gasteiger partial charge in [-0.1, -0.05) is 51.4 Å². The summed E-state index contributed by atoms with van der Waals surface area (Å²) in [5, 5.41) is 6.44. The molecular weight excluding hydrogens is 324 g/mol. The number of ether oxygens (including phenoxy) is 1. The van der Waals surface area contributed by atoms with Crippen molar-refractivity contribution in [2.45, 2.75) is 33.7 Å². The highest BCUT2D eigenvalue weighted by atomic mass is 35.5. The van der Waals surface area contributed by atoms with E-state index in [9.17, 15) is 4.79 Å². The number of allylic oxidation sites excluding steroid dienone is 2. The number of amides is 2. The van der Waals surface area contributed by atoms with Gasteiger partial charge in [0.2, 0.25) is 0 Å². The van der Waals surface area contributed by atoms with Crippen LogP contribution in [0.1, 0.15) is 33.3 Å². The van der Waals surface area contributed by atoms with Crippen molar-refractivity contribution in [3.8, 4) is 5.75 Å². The van der Waals surface area contributed by atoms with E-state index in [0.717, 1.165) is 22.6 Å². The number of carbonyl (C=O) groups excluding carboxylic acids is 1. The maximum absolute atomic E-state index is 11.6. The van der Waals surface area contributed by atoms with Gasteiger partial charge in [-0.2, -0.15) is 0 Å². The number of hydrogen-bond donors (Lipinski definition) is 2. The molecule has 4 nitrogen and oxygen atoms in total. The van der Waals surface area contributed by atoms with Crippen LogP contribution in [-0.2, 0) is 0 Å². The standard InChI is InChI=1S/C19H23ClN2O2/c1-11-8-12(9-14-17(11)22-18(23)21-14)16-13(20)6-5-7-15(16)24-10-19(2,3)4/h5-9,11,17H,10H2,1-4H3,(H2,21,22,23)/t11-,17?/m1/s1. The van der Waals surface area contributed by atoms with Crippen LogP contribution in [0.5, 0.6) is 5.75 Å². The minimum atomic E-state index is -0.156. The average Bonchev–Trinajstić information content (AvgIpc) is 2.85. The molecule has 0 spiro atoms. The fourth-order valence-corrected chi connectivity index (χ4v) is 3.23. The smallest absolute Gasteiger partial charge is 0.319 e. The van der Waals surface area contributed by atoms with Gasteiger partial charge in [-0.25, -0.2) is 4.79 Å². The zero-order valence-electron chi connectivity index (χ0n) is 14.4. The van der Waals surface area contributed by atoms with Gasteiger partial charge in [0, 0.05) is 17.2 Å². The predicted octanol–water partition coefficient (Wildman–Crippen LogP) is 4.36. The molecular formula is C19H23ClN2O2. The Kier molecular flexibility index (Phi) is 4.35. The van der Waals surface area contributed by atoms with Crippen LogP contribution in [0.25, 0.3) is 5.57 Å². The van der Waals surface area contributed by atoms with Gasteiger partial charge >= 0.3 is 6.03 Å². The number of rotatable bonds is 3. The van der Waals surface area contributed by atoms with E-state index in [1.165, 1.54) is 0 Å². The topological polar surface area (TPSA) is 50.4 Å². The summed E-state index contributed by atoms with van der Waals surface area (Å²) < 4.78 is 6.05. The van der Waals surface area contributed by atoms with Gasteiger partial charge in [0.05, 0.1) is 17.7 Å². The maximum atomic E-state index is 11.6. The zero-order chi connectivity index (χ0) is 17.5. The molecule has 2 atom stereocenters. The molecule has 0 bridgehead atoms. The fraction of sp³-hybridized carbons (Fsp3) is 0.421. The van der Waals surface area contributed by atoms with Crippen molar-refractivity contribution >= 4 is 23.2 Å². The first-order valence-corrected chi connectivity index (χ1v) is 8.55. The van der Waals surface area contributed by atoms with Crippen LogP contribution in [0.4, 0.5) is 4.79 Å². The third kappa shape index (κ3) is 3.44. The molecule has 1 aliphatic heterocycles. The first-order chi connectivity index (χ1) is 11.2. The molecule has 2 amide bonds. The summed E-state index contributed by atoms with van der Waals surface area (Å²) >= 11 is 6.48. The summed E-state index contributed by atoms with van der Waals surface area (Å²) in [5.41, 5.74) is 2.79. The first-order valence-electron chi connectivity index (χ1n) is 8.17. The molecule has 3 rings (SSSR count). The van der Waals surface area contributed by atoms with Gasteiger partial charge in [-0.05, 0) is 29.2 Å². The number of urea groups is 1. The van der Waals surface area contributed by atoms with E-state index in [-0.39, 0.29) is 23.4 Å². The molecule has 0 radical (unpaired) electrons. The Balaban J connectivity index is 1.97. The molecule has 1 aromatic carbocycles. The van der Waals surface area contributed by atoms with Crippen molar-refractivity contribution in [3.05, 3.63) is 46.6 Å². The molecule has 2 aliphatic rings. The summed E-state index contributed by atoms with van der Waals surface area (Å²) in [7, 11) is 0. The molecule has 1 unspecified atom stereocenters. The van der Waals surface area contributed by atoms with Crippen LogP contribution in [0.2, 0.25) is 5.02 Å². The summed E-state index contributed by atoms with van der Waals surface area (Å²) in [6.07, 6.45) is 4.11. The number of fused-ring (bicyclic) bond motifs is 1. The van der Waals surface area contributed by atoms with E-state index in [4.69, 9.17) is 16.3 Å². The second-order valence-electron chi connectivity index (χ2n) is 7.62. The molecule has 1 saturated heterocycles. The Bertz CT molecular complexity index is 731. The second-order valence-corrected chi connectivity index (χ2v) is 8.03. The summed E-state index contributed by atoms with van der Waals surface area (Å²) in [6, 6.07) is 5.54. The largest absolute Gasteiger partial charge is 0.492 e. The summed E-state index contributed by atoms with van der Waals surface area (Å²) in [5.74, 6) is 0.939. The Morgan fingerprint density at radius 1 is 1.29 bits per heavy atom. The van der Waals surface area contributed by atoms with Gasteiger partial charge in [0.1, 0.15) is 5.75 Å².